The Kier molecular flexibility index (Phi) is 3.62. The standard InChI is InChI=1S/C19H18ClN5O/c20-11-1-3-15-14(9-11)18(24-23-15)19-21-16-4-2-12(10-17(16)22-19)25-7-5-13(26)6-8-25/h1-4,9-10,13,26H,5-8H2,(H,21,22)(H,23,24). The average molecular weight is 368 g/mol. The maximum Gasteiger partial charge on any atom is 0.159 e. The third-order valence-corrected chi connectivity index (χ3v) is 5.28. The lowest BCUT2D eigenvalue weighted by Crippen LogP contribution is -2.35. The van der Waals surface area contributed by atoms with E-state index in [1.54, 1.807) is 0 Å². The summed E-state index contributed by atoms with van der Waals surface area (Å²) in [5, 5.41) is 18.7. The van der Waals surface area contributed by atoms with E-state index in [-0.39, 0.29) is 6.10 Å². The van der Waals surface area contributed by atoms with Crippen LogP contribution in [0.2, 0.25) is 5.02 Å². The van der Waals surface area contributed by atoms with Gasteiger partial charge in [0, 0.05) is 29.2 Å². The number of aliphatic hydroxyl groups excluding tert-OH is 1. The molecular formula is C19H18ClN5O. The maximum absolute atomic E-state index is 9.70. The molecule has 0 amide bonds. The zero-order chi connectivity index (χ0) is 17.7. The minimum atomic E-state index is -0.173. The second-order valence-corrected chi connectivity index (χ2v) is 7.20. The van der Waals surface area contributed by atoms with Gasteiger partial charge < -0.3 is 15.0 Å². The Morgan fingerprint density at radius 3 is 2.77 bits per heavy atom. The van der Waals surface area contributed by atoms with E-state index in [9.17, 15) is 5.11 Å². The van der Waals surface area contributed by atoms with Crippen LogP contribution in [0.4, 0.5) is 5.69 Å². The van der Waals surface area contributed by atoms with Gasteiger partial charge in [-0.05, 0) is 49.2 Å². The smallest absolute Gasteiger partial charge is 0.159 e. The molecule has 132 valence electrons. The molecule has 3 heterocycles. The van der Waals surface area contributed by atoms with Crippen molar-refractivity contribution in [3.63, 3.8) is 0 Å². The van der Waals surface area contributed by atoms with Gasteiger partial charge in [-0.25, -0.2) is 4.98 Å². The molecule has 5 rings (SSSR count). The maximum atomic E-state index is 9.70. The van der Waals surface area contributed by atoms with Crippen LogP contribution in [0.3, 0.4) is 0 Å². The molecular weight excluding hydrogens is 350 g/mol. The number of piperidine rings is 1. The first-order chi connectivity index (χ1) is 12.7. The highest BCUT2D eigenvalue weighted by atomic mass is 35.5. The van der Waals surface area contributed by atoms with Crippen molar-refractivity contribution in [2.75, 3.05) is 18.0 Å². The summed E-state index contributed by atoms with van der Waals surface area (Å²) in [7, 11) is 0. The third-order valence-electron chi connectivity index (χ3n) is 5.04. The van der Waals surface area contributed by atoms with Gasteiger partial charge in [-0.3, -0.25) is 5.10 Å². The van der Waals surface area contributed by atoms with Crippen molar-refractivity contribution in [2.24, 2.45) is 0 Å². The summed E-state index contributed by atoms with van der Waals surface area (Å²) in [5.41, 5.74) is 4.72. The summed E-state index contributed by atoms with van der Waals surface area (Å²) in [5.74, 6) is 0.722. The summed E-state index contributed by atoms with van der Waals surface area (Å²) in [4.78, 5) is 10.4. The van der Waals surface area contributed by atoms with E-state index in [0.29, 0.717) is 5.02 Å². The van der Waals surface area contributed by atoms with Gasteiger partial charge in [0.05, 0.1) is 22.7 Å². The highest BCUT2D eigenvalue weighted by Gasteiger charge is 2.18. The van der Waals surface area contributed by atoms with Crippen LogP contribution in [0.5, 0.6) is 0 Å². The van der Waals surface area contributed by atoms with Crippen LogP contribution >= 0.6 is 11.6 Å². The van der Waals surface area contributed by atoms with Gasteiger partial charge >= 0.3 is 0 Å². The van der Waals surface area contributed by atoms with E-state index in [1.807, 2.05) is 24.3 Å². The van der Waals surface area contributed by atoms with Crippen LogP contribution in [-0.4, -0.2) is 44.5 Å². The Labute approximate surface area is 154 Å². The highest BCUT2D eigenvalue weighted by Crippen LogP contribution is 2.30. The second-order valence-electron chi connectivity index (χ2n) is 6.77. The van der Waals surface area contributed by atoms with E-state index >= 15 is 0 Å². The Balaban J connectivity index is 1.54. The molecule has 0 saturated carbocycles. The predicted molar refractivity (Wildman–Crippen MR) is 104 cm³/mol. The van der Waals surface area contributed by atoms with Gasteiger partial charge in [0.1, 0.15) is 5.69 Å². The van der Waals surface area contributed by atoms with Gasteiger partial charge in [-0.2, -0.15) is 5.10 Å². The third kappa shape index (κ3) is 2.62. The number of halogens is 1. The molecule has 1 saturated heterocycles. The molecule has 0 aliphatic carbocycles. The summed E-state index contributed by atoms with van der Waals surface area (Å²) < 4.78 is 0. The normalized spacial score (nSPS) is 16.0. The lowest BCUT2D eigenvalue weighted by Gasteiger charge is -2.31. The predicted octanol–water partition coefficient (Wildman–Crippen LogP) is 3.72. The number of hydrogen-bond acceptors (Lipinski definition) is 4. The summed E-state index contributed by atoms with van der Waals surface area (Å²) in [6.45, 7) is 1.74. The number of nitrogens with zero attached hydrogens (tertiary/aromatic N) is 3. The molecule has 0 bridgehead atoms. The van der Waals surface area contributed by atoms with Crippen molar-refractivity contribution in [1.82, 2.24) is 20.2 Å². The van der Waals surface area contributed by atoms with E-state index in [2.05, 4.69) is 32.2 Å². The van der Waals surface area contributed by atoms with Crippen molar-refractivity contribution in [2.45, 2.75) is 18.9 Å². The molecule has 1 fully saturated rings. The van der Waals surface area contributed by atoms with Crippen LogP contribution in [0, 0.1) is 0 Å². The lowest BCUT2D eigenvalue weighted by atomic mass is 10.1. The van der Waals surface area contributed by atoms with Crippen molar-refractivity contribution < 1.29 is 5.11 Å². The monoisotopic (exact) mass is 367 g/mol. The first-order valence-electron chi connectivity index (χ1n) is 8.74. The number of imidazole rings is 1. The summed E-state index contributed by atoms with van der Waals surface area (Å²) in [6, 6.07) is 11.9. The van der Waals surface area contributed by atoms with Crippen molar-refractivity contribution in [3.8, 4) is 11.5 Å². The number of aromatic amines is 2. The number of H-pyrrole nitrogens is 2. The fourth-order valence-corrected chi connectivity index (χ4v) is 3.77. The topological polar surface area (TPSA) is 80.8 Å². The van der Waals surface area contributed by atoms with Gasteiger partial charge in [0.2, 0.25) is 0 Å². The highest BCUT2D eigenvalue weighted by molar-refractivity contribution is 6.31. The molecule has 0 atom stereocenters. The fourth-order valence-electron chi connectivity index (χ4n) is 3.60. The molecule has 0 unspecified atom stereocenters. The molecule has 7 heteroatoms. The van der Waals surface area contributed by atoms with Crippen LogP contribution in [0.1, 0.15) is 12.8 Å². The minimum Gasteiger partial charge on any atom is -0.393 e. The van der Waals surface area contributed by atoms with E-state index < -0.39 is 0 Å². The first kappa shape index (κ1) is 15.7. The average Bonchev–Trinajstić information content (AvgIpc) is 3.24. The second kappa shape index (κ2) is 6.00. The zero-order valence-corrected chi connectivity index (χ0v) is 14.8. The summed E-state index contributed by atoms with van der Waals surface area (Å²) in [6.07, 6.45) is 1.45. The SMILES string of the molecule is OC1CCN(c2ccc3nc(-c4n[nH]c5ccc(Cl)cc45)[nH]c3c2)CC1. The van der Waals surface area contributed by atoms with Crippen LogP contribution < -0.4 is 4.90 Å². The lowest BCUT2D eigenvalue weighted by molar-refractivity contribution is 0.145. The van der Waals surface area contributed by atoms with E-state index in [0.717, 1.165) is 65.1 Å². The van der Waals surface area contributed by atoms with Crippen molar-refractivity contribution in [3.05, 3.63) is 41.4 Å². The van der Waals surface area contributed by atoms with E-state index in [4.69, 9.17) is 16.6 Å². The van der Waals surface area contributed by atoms with Gasteiger partial charge in [-0.1, -0.05) is 11.6 Å². The van der Waals surface area contributed by atoms with Crippen molar-refractivity contribution in [1.29, 1.82) is 0 Å². The quantitative estimate of drug-likeness (QED) is 0.504. The Morgan fingerprint density at radius 2 is 1.92 bits per heavy atom. The number of hydrogen-bond donors (Lipinski definition) is 3. The number of rotatable bonds is 2. The van der Waals surface area contributed by atoms with Gasteiger partial charge in [0.25, 0.3) is 0 Å². The van der Waals surface area contributed by atoms with Crippen LogP contribution in [0.15, 0.2) is 36.4 Å². The number of nitrogens with one attached hydrogen (secondary N) is 2. The number of aliphatic hydroxyl groups is 1. The molecule has 1 aliphatic rings. The molecule has 2 aromatic heterocycles. The Hall–Kier alpha value is -2.57. The molecule has 6 nitrogen and oxygen atoms in total. The van der Waals surface area contributed by atoms with Gasteiger partial charge in [-0.15, -0.1) is 0 Å². The van der Waals surface area contributed by atoms with Crippen LogP contribution in [-0.2, 0) is 0 Å². The van der Waals surface area contributed by atoms with Gasteiger partial charge in [0.15, 0.2) is 5.82 Å². The van der Waals surface area contributed by atoms with Crippen LogP contribution in [0.25, 0.3) is 33.5 Å². The molecule has 26 heavy (non-hydrogen) atoms. The van der Waals surface area contributed by atoms with E-state index in [1.165, 1.54) is 0 Å². The first-order valence-corrected chi connectivity index (χ1v) is 9.12. The molecule has 1 aliphatic heterocycles. The Morgan fingerprint density at radius 1 is 1.08 bits per heavy atom. The molecule has 2 aromatic carbocycles. The Bertz CT molecular complexity index is 1090. The molecule has 4 aromatic rings. The molecule has 0 spiro atoms. The largest absolute Gasteiger partial charge is 0.393 e. The van der Waals surface area contributed by atoms with Crippen molar-refractivity contribution >= 4 is 39.2 Å². The number of fused-ring (bicyclic) bond motifs is 2. The zero-order valence-electron chi connectivity index (χ0n) is 14.0. The summed E-state index contributed by atoms with van der Waals surface area (Å²) >= 11 is 6.14. The fraction of sp³-hybridized carbons (Fsp3) is 0.263. The molecule has 3 N–H and O–H groups in total. The number of aromatic nitrogens is 4. The minimum absolute atomic E-state index is 0.173. The number of anilines is 1. The number of benzene rings is 2. The molecule has 0 radical (unpaired) electrons.